The van der Waals surface area contributed by atoms with Gasteiger partial charge in [-0.2, -0.15) is 13.2 Å². The predicted octanol–water partition coefficient (Wildman–Crippen LogP) is 3.40. The van der Waals surface area contributed by atoms with E-state index in [9.17, 15) is 18.0 Å². The van der Waals surface area contributed by atoms with E-state index in [1.165, 1.54) is 6.07 Å². The Balaban J connectivity index is 1.29. The van der Waals surface area contributed by atoms with E-state index in [2.05, 4.69) is 4.98 Å². The second kappa shape index (κ2) is 8.22. The molecule has 0 unspecified atom stereocenters. The Morgan fingerprint density at radius 3 is 2.37 bits per heavy atom. The molecule has 1 N–H and O–H groups in total. The molecular weight excluding hydrogens is 395 g/mol. The van der Waals surface area contributed by atoms with Crippen molar-refractivity contribution in [1.29, 1.82) is 0 Å². The summed E-state index contributed by atoms with van der Waals surface area (Å²) in [5.41, 5.74) is -0.717. The number of carbonyl (C=O) groups is 1. The van der Waals surface area contributed by atoms with Gasteiger partial charge in [0.25, 0.3) is 11.7 Å². The molecule has 1 saturated heterocycles. The number of hydrogen-bond acceptors (Lipinski definition) is 3. The van der Waals surface area contributed by atoms with Crippen molar-refractivity contribution in [3.05, 3.63) is 66.4 Å². The van der Waals surface area contributed by atoms with Crippen LogP contribution >= 0.6 is 0 Å². The van der Waals surface area contributed by atoms with Crippen LogP contribution in [-0.2, 0) is 11.0 Å². The summed E-state index contributed by atoms with van der Waals surface area (Å²) in [4.78, 5) is 18.8. The number of pyridine rings is 1. The Kier molecular flexibility index (Phi) is 5.48. The first-order valence-corrected chi connectivity index (χ1v) is 9.63. The van der Waals surface area contributed by atoms with Crippen molar-refractivity contribution in [3.63, 3.8) is 0 Å². The van der Waals surface area contributed by atoms with Crippen molar-refractivity contribution in [3.8, 4) is 5.75 Å². The highest BCUT2D eigenvalue weighted by Gasteiger charge is 2.33. The molecule has 1 fully saturated rings. The fourth-order valence-electron chi connectivity index (χ4n) is 3.48. The van der Waals surface area contributed by atoms with Crippen molar-refractivity contribution < 1.29 is 27.7 Å². The van der Waals surface area contributed by atoms with E-state index in [1.54, 1.807) is 4.90 Å². The number of ether oxygens (including phenoxy) is 1. The number of anilines is 1. The molecule has 0 aliphatic carbocycles. The summed E-state index contributed by atoms with van der Waals surface area (Å²) in [6.07, 6.45) is -3.41. The van der Waals surface area contributed by atoms with Gasteiger partial charge >= 0.3 is 6.18 Å². The smallest absolute Gasteiger partial charge is 0.419 e. The average molecular weight is 416 g/mol. The highest BCUT2D eigenvalue weighted by molar-refractivity contribution is 5.84. The summed E-state index contributed by atoms with van der Waals surface area (Å²) >= 11 is 0. The largest absolute Gasteiger partial charge is 0.484 e. The fourth-order valence-corrected chi connectivity index (χ4v) is 3.48. The zero-order valence-corrected chi connectivity index (χ0v) is 16.2. The second-order valence-corrected chi connectivity index (χ2v) is 7.13. The number of amides is 1. The summed E-state index contributed by atoms with van der Waals surface area (Å²) in [6.45, 7) is 1.97. The summed E-state index contributed by atoms with van der Waals surface area (Å²) in [5, 5.41) is 2.15. The highest BCUT2D eigenvalue weighted by Crippen LogP contribution is 2.28. The molecule has 0 bridgehead atoms. The maximum atomic E-state index is 12.7. The van der Waals surface area contributed by atoms with Gasteiger partial charge < -0.3 is 9.64 Å². The monoisotopic (exact) mass is 416 g/mol. The van der Waals surface area contributed by atoms with Gasteiger partial charge in [0, 0.05) is 6.07 Å². The first kappa shape index (κ1) is 20.0. The molecule has 5 nitrogen and oxygen atoms in total. The molecule has 0 saturated carbocycles. The van der Waals surface area contributed by atoms with Gasteiger partial charge in [0.05, 0.1) is 18.7 Å². The number of fused-ring (bicyclic) bond motifs is 1. The highest BCUT2D eigenvalue weighted by atomic mass is 19.4. The van der Waals surface area contributed by atoms with E-state index in [-0.39, 0.29) is 12.5 Å². The van der Waals surface area contributed by atoms with Crippen molar-refractivity contribution in [2.45, 2.75) is 6.18 Å². The third-order valence-corrected chi connectivity index (χ3v) is 5.18. The average Bonchev–Trinajstić information content (AvgIpc) is 2.77. The number of alkyl halides is 3. The number of hydrogen-bond donors (Lipinski definition) is 0. The lowest BCUT2D eigenvalue weighted by molar-refractivity contribution is -0.367. The number of nitrogens with zero attached hydrogens (tertiary/aromatic N) is 2. The molecule has 1 aliphatic rings. The van der Waals surface area contributed by atoms with Crippen molar-refractivity contribution in [2.75, 3.05) is 37.7 Å². The fraction of sp³-hybridized carbons (Fsp3) is 0.273. The standard InChI is InChI=1S/C22H20F3N3O2/c23-22(24,25)18-6-8-20(26-14-18)27-9-11-28(12-10-27)21(29)15-30-19-7-5-16-3-1-2-4-17(16)13-19/h1-8,13-14H,9-12,15H2/p+1. The molecule has 8 heteroatoms. The molecular formula is C22H21F3N3O2+. The predicted molar refractivity (Wildman–Crippen MR) is 106 cm³/mol. The second-order valence-electron chi connectivity index (χ2n) is 7.13. The third kappa shape index (κ3) is 4.48. The Hall–Kier alpha value is -3.29. The Morgan fingerprint density at radius 1 is 0.967 bits per heavy atom. The van der Waals surface area contributed by atoms with Crippen LogP contribution in [0.2, 0.25) is 0 Å². The van der Waals surface area contributed by atoms with Gasteiger partial charge in [0.2, 0.25) is 0 Å². The van der Waals surface area contributed by atoms with Gasteiger partial charge in [0.1, 0.15) is 25.0 Å². The van der Waals surface area contributed by atoms with Gasteiger partial charge in [-0.1, -0.05) is 30.3 Å². The van der Waals surface area contributed by atoms with Crippen LogP contribution < -0.4 is 14.6 Å². The molecule has 156 valence electrons. The molecule has 0 atom stereocenters. The topological polar surface area (TPSA) is 46.9 Å². The van der Waals surface area contributed by atoms with Gasteiger partial charge in [-0.25, -0.2) is 4.98 Å². The molecule has 1 amide bonds. The lowest BCUT2D eigenvalue weighted by Crippen LogP contribution is -2.51. The van der Waals surface area contributed by atoms with Crippen LogP contribution in [0.1, 0.15) is 5.56 Å². The van der Waals surface area contributed by atoms with Crippen LogP contribution in [0.5, 0.6) is 5.75 Å². The summed E-state index contributed by atoms with van der Waals surface area (Å²) in [7, 11) is 0. The van der Waals surface area contributed by atoms with E-state index < -0.39 is 11.7 Å². The van der Waals surface area contributed by atoms with Crippen LogP contribution in [-0.4, -0.2) is 43.6 Å². The minimum Gasteiger partial charge on any atom is -0.484 e. The lowest BCUT2D eigenvalue weighted by Gasteiger charge is -2.31. The number of aromatic nitrogens is 1. The molecule has 30 heavy (non-hydrogen) atoms. The van der Waals surface area contributed by atoms with E-state index >= 15 is 0 Å². The number of piperazine rings is 1. The van der Waals surface area contributed by atoms with Crippen LogP contribution in [0.4, 0.5) is 19.0 Å². The quantitative estimate of drug-likeness (QED) is 0.655. The minimum absolute atomic E-state index is 0.0508. The van der Waals surface area contributed by atoms with Gasteiger partial charge in [-0.3, -0.25) is 9.69 Å². The molecule has 2 heterocycles. The first-order chi connectivity index (χ1) is 14.4. The van der Waals surface area contributed by atoms with Crippen LogP contribution in [0, 0.1) is 0 Å². The first-order valence-electron chi connectivity index (χ1n) is 9.63. The molecule has 1 aliphatic heterocycles. The maximum Gasteiger partial charge on any atom is 0.419 e. The van der Waals surface area contributed by atoms with Crippen LogP contribution in [0.15, 0.2) is 60.8 Å². The molecule has 0 spiro atoms. The number of nitrogens with one attached hydrogen (secondary N) is 1. The summed E-state index contributed by atoms with van der Waals surface area (Å²) in [6, 6.07) is 16.1. The van der Waals surface area contributed by atoms with Gasteiger partial charge in [-0.15, -0.1) is 0 Å². The molecule has 2 aromatic carbocycles. The SMILES string of the molecule is O=C(COc1ccc2ccccc2c1)N1CCN(c2ccc(C(F)(F)F)c[nH+]2)CC1. The lowest BCUT2D eigenvalue weighted by atomic mass is 10.1. The summed E-state index contributed by atoms with van der Waals surface area (Å²) in [5.74, 6) is 1.13. The van der Waals surface area contributed by atoms with E-state index in [0.717, 1.165) is 23.0 Å². The van der Waals surface area contributed by atoms with Gasteiger partial charge in [0.15, 0.2) is 6.61 Å². The molecule has 4 rings (SSSR count). The van der Waals surface area contributed by atoms with Crippen LogP contribution in [0.3, 0.4) is 0 Å². The normalized spacial score (nSPS) is 14.8. The number of carbonyl (C=O) groups excluding carboxylic acids is 1. The van der Waals surface area contributed by atoms with Crippen molar-refractivity contribution in [1.82, 2.24) is 4.90 Å². The number of H-pyrrole nitrogens is 1. The molecule has 0 radical (unpaired) electrons. The molecule has 3 aromatic rings. The van der Waals surface area contributed by atoms with Crippen molar-refractivity contribution >= 4 is 22.5 Å². The van der Waals surface area contributed by atoms with E-state index in [0.29, 0.717) is 37.7 Å². The number of rotatable bonds is 4. The minimum atomic E-state index is -4.37. The number of halogens is 3. The maximum absolute atomic E-state index is 12.7. The Labute approximate surface area is 171 Å². The van der Waals surface area contributed by atoms with Crippen molar-refractivity contribution in [2.24, 2.45) is 0 Å². The Morgan fingerprint density at radius 2 is 1.70 bits per heavy atom. The number of benzene rings is 2. The Bertz CT molecular complexity index is 1030. The number of aromatic amines is 1. The van der Waals surface area contributed by atoms with Crippen LogP contribution in [0.25, 0.3) is 10.8 Å². The summed E-state index contributed by atoms with van der Waals surface area (Å²) < 4.78 is 43.7. The van der Waals surface area contributed by atoms with E-state index in [4.69, 9.17) is 4.74 Å². The third-order valence-electron chi connectivity index (χ3n) is 5.18. The van der Waals surface area contributed by atoms with Gasteiger partial charge in [-0.05, 0) is 29.0 Å². The van der Waals surface area contributed by atoms with E-state index in [1.807, 2.05) is 47.4 Å². The zero-order chi connectivity index (χ0) is 21.1. The molecule has 1 aromatic heterocycles. The zero-order valence-electron chi connectivity index (χ0n) is 16.2.